The summed E-state index contributed by atoms with van der Waals surface area (Å²) in [5.74, 6) is 0.469. The summed E-state index contributed by atoms with van der Waals surface area (Å²) < 4.78 is 29.5. The van der Waals surface area contributed by atoms with E-state index in [0.717, 1.165) is 10.6 Å². The number of nitrogens with one attached hydrogen (secondary N) is 1. The number of aromatic nitrogens is 3. The summed E-state index contributed by atoms with van der Waals surface area (Å²) in [4.78, 5) is 18.5. The number of hydrogen-bond acceptors (Lipinski definition) is 6. The van der Waals surface area contributed by atoms with Crippen LogP contribution in [0.3, 0.4) is 0 Å². The van der Waals surface area contributed by atoms with Gasteiger partial charge in [-0.2, -0.15) is 14.1 Å². The number of hydrogen-bond donors (Lipinski definition) is 1. The van der Waals surface area contributed by atoms with Crippen molar-refractivity contribution in [3.8, 4) is 5.82 Å². The number of aryl methyl sites for hydroxylation is 1. The Hall–Kier alpha value is -2.56. The maximum absolute atomic E-state index is 13.2. The van der Waals surface area contributed by atoms with Gasteiger partial charge in [-0.25, -0.2) is 13.4 Å². The van der Waals surface area contributed by atoms with E-state index in [9.17, 15) is 13.2 Å². The number of carbonyl (C=O) groups excluding carboxylic acids is 1. The Balaban J connectivity index is 1.56. The fourth-order valence-electron chi connectivity index (χ4n) is 3.77. The van der Waals surface area contributed by atoms with E-state index in [0.29, 0.717) is 35.2 Å². The first-order valence-corrected chi connectivity index (χ1v) is 13.2. The number of pyridine rings is 1. The molecule has 1 N–H and O–H groups in total. The van der Waals surface area contributed by atoms with Gasteiger partial charge < -0.3 is 5.32 Å². The monoisotopic (exact) mass is 487 g/mol. The van der Waals surface area contributed by atoms with Crippen molar-refractivity contribution in [2.45, 2.75) is 50.2 Å². The van der Waals surface area contributed by atoms with Crippen LogP contribution in [-0.4, -0.2) is 46.5 Å². The second-order valence-electron chi connectivity index (χ2n) is 9.32. The number of carbonyl (C=O) groups is 1. The Morgan fingerprint density at radius 3 is 2.64 bits per heavy atom. The van der Waals surface area contributed by atoms with Crippen LogP contribution in [0.2, 0.25) is 0 Å². The van der Waals surface area contributed by atoms with Crippen LogP contribution in [0.25, 0.3) is 5.82 Å². The van der Waals surface area contributed by atoms with Crippen LogP contribution in [0.5, 0.6) is 0 Å². The Morgan fingerprint density at radius 2 is 2.00 bits per heavy atom. The van der Waals surface area contributed by atoms with Gasteiger partial charge in [-0.1, -0.05) is 26.8 Å². The average Bonchev–Trinajstić information content (AvgIpc) is 3.41. The minimum Gasteiger partial charge on any atom is -0.310 e. The highest BCUT2D eigenvalue weighted by atomic mass is 32.2. The number of thiophene rings is 1. The average molecular weight is 488 g/mol. The van der Waals surface area contributed by atoms with Crippen molar-refractivity contribution in [3.05, 3.63) is 53.2 Å². The lowest BCUT2D eigenvalue weighted by atomic mass is 9.92. The molecule has 0 spiro atoms. The number of nitrogens with zero attached hydrogens (tertiary/aromatic N) is 4. The Labute approximate surface area is 198 Å². The van der Waals surface area contributed by atoms with Crippen LogP contribution >= 0.6 is 11.3 Å². The standard InChI is InChI=1S/C23H29N5O3S2/c1-16-10-11-21(32-16)33(30,31)27-13-7-8-17(15-27)22(29)25-20-14-18(23(2,3)4)26-28(20)19-9-5-6-12-24-19/h5-6,9-12,14,17H,7-8,13,15H2,1-4H3,(H,25,29). The maximum Gasteiger partial charge on any atom is 0.252 e. The zero-order chi connectivity index (χ0) is 23.8. The molecule has 1 aliphatic heterocycles. The largest absolute Gasteiger partial charge is 0.310 e. The highest BCUT2D eigenvalue weighted by Gasteiger charge is 2.34. The quantitative estimate of drug-likeness (QED) is 0.587. The zero-order valence-corrected chi connectivity index (χ0v) is 20.9. The summed E-state index contributed by atoms with van der Waals surface area (Å²) in [6.45, 7) is 8.63. The lowest BCUT2D eigenvalue weighted by Crippen LogP contribution is -2.43. The summed E-state index contributed by atoms with van der Waals surface area (Å²) >= 11 is 1.26. The van der Waals surface area contributed by atoms with Gasteiger partial charge in [0.2, 0.25) is 5.91 Å². The predicted octanol–water partition coefficient (Wildman–Crippen LogP) is 3.97. The van der Waals surface area contributed by atoms with Crippen LogP contribution < -0.4 is 5.32 Å². The maximum atomic E-state index is 13.2. The third-order valence-electron chi connectivity index (χ3n) is 5.66. The van der Waals surface area contributed by atoms with Gasteiger partial charge in [0.05, 0.1) is 11.6 Å². The molecule has 0 radical (unpaired) electrons. The molecule has 1 fully saturated rings. The second kappa shape index (κ2) is 9.00. The number of sulfonamides is 1. The first kappa shape index (κ1) is 23.6. The molecule has 0 bridgehead atoms. The normalized spacial score (nSPS) is 17.8. The molecule has 10 heteroatoms. The minimum atomic E-state index is -3.60. The van der Waals surface area contributed by atoms with Gasteiger partial charge in [0.1, 0.15) is 10.0 Å². The van der Waals surface area contributed by atoms with Crippen LogP contribution in [0.1, 0.15) is 44.2 Å². The SMILES string of the molecule is Cc1ccc(S(=O)(=O)N2CCCC(C(=O)Nc3cc(C(C)(C)C)nn3-c3ccccn3)C2)s1. The zero-order valence-electron chi connectivity index (χ0n) is 19.3. The first-order valence-electron chi connectivity index (χ1n) is 10.9. The first-order chi connectivity index (χ1) is 15.6. The molecule has 1 amide bonds. The number of amides is 1. The van der Waals surface area contributed by atoms with Crippen molar-refractivity contribution in [1.29, 1.82) is 0 Å². The number of anilines is 1. The lowest BCUT2D eigenvalue weighted by Gasteiger charge is -2.30. The molecule has 1 saturated heterocycles. The second-order valence-corrected chi connectivity index (χ2v) is 12.8. The molecule has 0 saturated carbocycles. The van der Waals surface area contributed by atoms with E-state index in [1.54, 1.807) is 23.0 Å². The fourth-order valence-corrected chi connectivity index (χ4v) is 6.73. The molecule has 1 atom stereocenters. The molecular weight excluding hydrogens is 458 g/mol. The van der Waals surface area contributed by atoms with Crippen molar-refractivity contribution in [2.75, 3.05) is 18.4 Å². The molecule has 0 aliphatic carbocycles. The molecule has 1 aliphatic rings. The number of piperidine rings is 1. The summed E-state index contributed by atoms with van der Waals surface area (Å²) in [6.07, 6.45) is 2.94. The van der Waals surface area contributed by atoms with Crippen molar-refractivity contribution in [1.82, 2.24) is 19.1 Å². The van der Waals surface area contributed by atoms with Crippen molar-refractivity contribution < 1.29 is 13.2 Å². The topological polar surface area (TPSA) is 97.2 Å². The van der Waals surface area contributed by atoms with Crippen LogP contribution in [0.4, 0.5) is 5.82 Å². The predicted molar refractivity (Wildman–Crippen MR) is 129 cm³/mol. The van der Waals surface area contributed by atoms with Crippen LogP contribution in [0.15, 0.2) is 46.8 Å². The van der Waals surface area contributed by atoms with Gasteiger partial charge in [0.15, 0.2) is 5.82 Å². The van der Waals surface area contributed by atoms with Gasteiger partial charge in [0.25, 0.3) is 10.0 Å². The molecule has 4 rings (SSSR count). The van der Waals surface area contributed by atoms with E-state index in [-0.39, 0.29) is 17.9 Å². The van der Waals surface area contributed by atoms with E-state index in [4.69, 9.17) is 0 Å². The fraction of sp³-hybridized carbons (Fsp3) is 0.435. The highest BCUT2D eigenvalue weighted by Crippen LogP contribution is 2.30. The lowest BCUT2D eigenvalue weighted by molar-refractivity contribution is -0.120. The Morgan fingerprint density at radius 1 is 1.21 bits per heavy atom. The smallest absolute Gasteiger partial charge is 0.252 e. The summed E-state index contributed by atoms with van der Waals surface area (Å²) in [6, 6.07) is 10.8. The molecule has 8 nitrogen and oxygen atoms in total. The third-order valence-corrected chi connectivity index (χ3v) is 8.99. The van der Waals surface area contributed by atoms with Gasteiger partial charge >= 0.3 is 0 Å². The molecular formula is C23H29N5O3S2. The summed E-state index contributed by atoms with van der Waals surface area (Å²) in [5, 5.41) is 7.67. The van der Waals surface area contributed by atoms with E-state index < -0.39 is 15.9 Å². The molecule has 3 aromatic rings. The third kappa shape index (κ3) is 5.02. The van der Waals surface area contributed by atoms with Crippen molar-refractivity contribution >= 4 is 33.1 Å². The Kier molecular flexibility index (Phi) is 6.43. The van der Waals surface area contributed by atoms with Gasteiger partial charge in [-0.05, 0) is 44.0 Å². The van der Waals surface area contributed by atoms with Crippen LogP contribution in [0, 0.1) is 12.8 Å². The van der Waals surface area contributed by atoms with Crippen molar-refractivity contribution in [3.63, 3.8) is 0 Å². The molecule has 4 heterocycles. The Bertz CT molecular complexity index is 1240. The summed E-state index contributed by atoms with van der Waals surface area (Å²) in [5.41, 5.74) is 0.609. The van der Waals surface area contributed by atoms with E-state index >= 15 is 0 Å². The minimum absolute atomic E-state index is 0.162. The highest BCUT2D eigenvalue weighted by molar-refractivity contribution is 7.91. The molecule has 1 unspecified atom stereocenters. The van der Waals surface area contributed by atoms with Crippen LogP contribution in [-0.2, 0) is 20.2 Å². The van der Waals surface area contributed by atoms with E-state index in [1.807, 2.05) is 31.2 Å². The van der Waals surface area contributed by atoms with Gasteiger partial charge in [0, 0.05) is 35.6 Å². The van der Waals surface area contributed by atoms with E-state index in [2.05, 4.69) is 36.2 Å². The molecule has 33 heavy (non-hydrogen) atoms. The van der Waals surface area contributed by atoms with Gasteiger partial charge in [-0.15, -0.1) is 11.3 Å². The van der Waals surface area contributed by atoms with Gasteiger partial charge in [-0.3, -0.25) is 4.79 Å². The molecule has 0 aromatic carbocycles. The van der Waals surface area contributed by atoms with Crippen molar-refractivity contribution in [2.24, 2.45) is 5.92 Å². The molecule has 176 valence electrons. The summed E-state index contributed by atoms with van der Waals surface area (Å²) in [7, 11) is -3.60. The number of rotatable bonds is 5. The molecule has 3 aromatic heterocycles. The van der Waals surface area contributed by atoms with E-state index in [1.165, 1.54) is 15.6 Å².